The molecule has 6 nitrogen and oxygen atoms in total. The van der Waals surface area contributed by atoms with E-state index in [-0.39, 0.29) is 13.2 Å². The highest BCUT2D eigenvalue weighted by atomic mass is 32.1. The van der Waals surface area contributed by atoms with E-state index in [1.165, 1.54) is 0 Å². The van der Waals surface area contributed by atoms with Gasteiger partial charge in [0.25, 0.3) is 0 Å². The minimum Gasteiger partial charge on any atom is -0.475 e. The first-order valence-corrected chi connectivity index (χ1v) is 8.69. The number of aromatic amines is 1. The molecule has 4 aromatic rings. The Morgan fingerprint density at radius 1 is 1.16 bits per heavy atom. The smallest absolute Gasteiger partial charge is 0.213 e. The Balaban J connectivity index is 1.68. The lowest BCUT2D eigenvalue weighted by Crippen LogP contribution is -2.02. The second-order valence-corrected chi connectivity index (χ2v) is 6.70. The number of hydrogen-bond donors (Lipinski definition) is 2. The molecule has 0 aliphatic heterocycles. The fourth-order valence-corrected chi connectivity index (χ4v) is 3.59. The van der Waals surface area contributed by atoms with E-state index < -0.39 is 0 Å². The summed E-state index contributed by atoms with van der Waals surface area (Å²) in [6.45, 7) is 2.25. The molecule has 3 aromatic heterocycles. The van der Waals surface area contributed by atoms with Gasteiger partial charge in [-0.25, -0.2) is 9.97 Å². The van der Waals surface area contributed by atoms with Crippen LogP contribution in [0.25, 0.3) is 32.9 Å². The Kier molecular flexibility index (Phi) is 4.17. The van der Waals surface area contributed by atoms with Crippen LogP contribution in [0, 0.1) is 6.92 Å². The number of thiazole rings is 1. The predicted octanol–water partition coefficient (Wildman–Crippen LogP) is 3.43. The number of nitrogens with zero attached hydrogens (tertiary/aromatic N) is 3. The van der Waals surface area contributed by atoms with Crippen LogP contribution in [-0.2, 0) is 0 Å². The number of aromatic nitrogens is 4. The molecule has 3 heterocycles. The van der Waals surface area contributed by atoms with Crippen LogP contribution >= 0.6 is 11.3 Å². The van der Waals surface area contributed by atoms with Crippen LogP contribution in [-0.4, -0.2) is 38.5 Å². The van der Waals surface area contributed by atoms with E-state index in [0.29, 0.717) is 5.88 Å². The second-order valence-electron chi connectivity index (χ2n) is 5.50. The van der Waals surface area contributed by atoms with Crippen molar-refractivity contribution in [2.75, 3.05) is 13.2 Å². The summed E-state index contributed by atoms with van der Waals surface area (Å²) in [7, 11) is 0. The van der Waals surface area contributed by atoms with Crippen LogP contribution in [0.2, 0.25) is 0 Å². The summed E-state index contributed by atoms with van der Waals surface area (Å²) in [5.74, 6) is 0.490. The molecule has 2 N–H and O–H groups in total. The maximum atomic E-state index is 8.80. The molecule has 0 saturated heterocycles. The molecule has 0 bridgehead atoms. The van der Waals surface area contributed by atoms with Crippen molar-refractivity contribution in [2.45, 2.75) is 6.92 Å². The summed E-state index contributed by atoms with van der Waals surface area (Å²) in [5, 5.41) is 18.2. The zero-order valence-corrected chi connectivity index (χ0v) is 14.4. The first-order chi connectivity index (χ1) is 12.3. The summed E-state index contributed by atoms with van der Waals surface area (Å²) < 4.78 is 5.30. The van der Waals surface area contributed by atoms with E-state index in [9.17, 15) is 0 Å². The molecule has 0 aliphatic rings. The van der Waals surface area contributed by atoms with E-state index in [1.807, 2.05) is 37.3 Å². The number of pyridine rings is 1. The quantitative estimate of drug-likeness (QED) is 0.575. The molecule has 25 heavy (non-hydrogen) atoms. The normalized spacial score (nSPS) is 11.1. The monoisotopic (exact) mass is 352 g/mol. The van der Waals surface area contributed by atoms with E-state index in [0.717, 1.165) is 37.7 Å². The summed E-state index contributed by atoms with van der Waals surface area (Å²) >= 11 is 1.61. The first kappa shape index (κ1) is 15.7. The SMILES string of the molecule is Cc1sc(-c2n[nH]c3ccccc23)nc1-c1ccc(OCCO)nc1. The van der Waals surface area contributed by atoms with Gasteiger partial charge in [-0.05, 0) is 19.1 Å². The Hall–Kier alpha value is -2.77. The molecular weight excluding hydrogens is 336 g/mol. The van der Waals surface area contributed by atoms with Gasteiger partial charge in [-0.15, -0.1) is 11.3 Å². The number of rotatable bonds is 5. The van der Waals surface area contributed by atoms with Gasteiger partial charge < -0.3 is 9.84 Å². The van der Waals surface area contributed by atoms with Crippen LogP contribution < -0.4 is 4.74 Å². The number of H-pyrrole nitrogens is 1. The highest BCUT2D eigenvalue weighted by molar-refractivity contribution is 7.15. The molecule has 7 heteroatoms. The minimum atomic E-state index is -0.0321. The van der Waals surface area contributed by atoms with Crippen LogP contribution in [0.3, 0.4) is 0 Å². The third kappa shape index (κ3) is 2.99. The van der Waals surface area contributed by atoms with Gasteiger partial charge in [0, 0.05) is 28.1 Å². The highest BCUT2D eigenvalue weighted by Gasteiger charge is 2.16. The van der Waals surface area contributed by atoms with Crippen molar-refractivity contribution in [2.24, 2.45) is 0 Å². The summed E-state index contributed by atoms with van der Waals surface area (Å²) in [5.41, 5.74) is 3.69. The Labute approximate surface area is 148 Å². The predicted molar refractivity (Wildman–Crippen MR) is 97.8 cm³/mol. The van der Waals surface area contributed by atoms with Crippen LogP contribution in [0.15, 0.2) is 42.6 Å². The van der Waals surface area contributed by atoms with Gasteiger partial charge in [0.05, 0.1) is 17.8 Å². The molecule has 0 unspecified atom stereocenters. The fourth-order valence-electron chi connectivity index (χ4n) is 2.65. The number of benzene rings is 1. The maximum Gasteiger partial charge on any atom is 0.213 e. The lowest BCUT2D eigenvalue weighted by Gasteiger charge is -2.03. The molecule has 126 valence electrons. The van der Waals surface area contributed by atoms with Gasteiger partial charge in [0.15, 0.2) is 0 Å². The standard InChI is InChI=1S/C18H16N4O2S/c1-11-16(12-6-7-15(19-10-12)24-9-8-23)20-18(25-11)17-13-4-2-3-5-14(13)21-22-17/h2-7,10,23H,8-9H2,1H3,(H,21,22). The zero-order valence-electron chi connectivity index (χ0n) is 13.6. The average Bonchev–Trinajstić information content (AvgIpc) is 3.24. The molecule has 0 spiro atoms. The molecule has 0 amide bonds. The van der Waals surface area contributed by atoms with Crippen molar-refractivity contribution < 1.29 is 9.84 Å². The largest absolute Gasteiger partial charge is 0.475 e. The number of ether oxygens (including phenoxy) is 1. The third-order valence-electron chi connectivity index (χ3n) is 3.82. The molecule has 0 saturated carbocycles. The van der Waals surface area contributed by atoms with E-state index in [1.54, 1.807) is 23.6 Å². The molecule has 4 rings (SSSR count). The highest BCUT2D eigenvalue weighted by Crippen LogP contribution is 2.35. The van der Waals surface area contributed by atoms with Gasteiger partial charge in [-0.2, -0.15) is 5.10 Å². The summed E-state index contributed by atoms with van der Waals surface area (Å²) in [4.78, 5) is 10.1. The Bertz CT molecular complexity index is 1010. The van der Waals surface area contributed by atoms with E-state index >= 15 is 0 Å². The molecule has 0 atom stereocenters. The maximum absolute atomic E-state index is 8.80. The van der Waals surface area contributed by atoms with Crippen molar-refractivity contribution in [1.29, 1.82) is 0 Å². The number of fused-ring (bicyclic) bond motifs is 1. The number of aryl methyl sites for hydroxylation is 1. The second kappa shape index (κ2) is 6.62. The molecule has 0 radical (unpaired) electrons. The van der Waals surface area contributed by atoms with E-state index in [4.69, 9.17) is 14.8 Å². The number of nitrogens with one attached hydrogen (secondary N) is 1. The van der Waals surface area contributed by atoms with Crippen molar-refractivity contribution in [3.63, 3.8) is 0 Å². The zero-order chi connectivity index (χ0) is 17.2. The molecule has 0 aliphatic carbocycles. The topological polar surface area (TPSA) is 83.9 Å². The molecule has 1 aromatic carbocycles. The van der Waals surface area contributed by atoms with Gasteiger partial charge in [-0.3, -0.25) is 5.10 Å². The van der Waals surface area contributed by atoms with Gasteiger partial charge in [-0.1, -0.05) is 18.2 Å². The third-order valence-corrected chi connectivity index (χ3v) is 4.80. The van der Waals surface area contributed by atoms with Crippen molar-refractivity contribution in [3.8, 4) is 27.8 Å². The number of para-hydroxylation sites is 1. The summed E-state index contributed by atoms with van der Waals surface area (Å²) in [6, 6.07) is 11.7. The van der Waals surface area contributed by atoms with Gasteiger partial charge in [0.2, 0.25) is 5.88 Å². The van der Waals surface area contributed by atoms with Crippen molar-refractivity contribution in [1.82, 2.24) is 20.2 Å². The average molecular weight is 352 g/mol. The summed E-state index contributed by atoms with van der Waals surface area (Å²) in [6.07, 6.45) is 1.74. The van der Waals surface area contributed by atoms with Gasteiger partial charge in [0.1, 0.15) is 17.3 Å². The number of aliphatic hydroxyl groups excluding tert-OH is 1. The van der Waals surface area contributed by atoms with Crippen molar-refractivity contribution in [3.05, 3.63) is 47.5 Å². The fraction of sp³-hybridized carbons (Fsp3) is 0.167. The van der Waals surface area contributed by atoms with Crippen molar-refractivity contribution >= 4 is 22.2 Å². The Morgan fingerprint density at radius 2 is 2.04 bits per heavy atom. The van der Waals surface area contributed by atoms with Crippen LogP contribution in [0.5, 0.6) is 5.88 Å². The number of aliphatic hydroxyl groups is 1. The van der Waals surface area contributed by atoms with E-state index in [2.05, 4.69) is 15.2 Å². The molecule has 0 fully saturated rings. The van der Waals surface area contributed by atoms with Crippen LogP contribution in [0.1, 0.15) is 4.88 Å². The lowest BCUT2D eigenvalue weighted by molar-refractivity contribution is 0.196. The van der Waals surface area contributed by atoms with Crippen LogP contribution in [0.4, 0.5) is 0 Å². The minimum absolute atomic E-state index is 0.0321. The Morgan fingerprint density at radius 3 is 2.84 bits per heavy atom. The lowest BCUT2D eigenvalue weighted by atomic mass is 10.2. The number of hydrogen-bond acceptors (Lipinski definition) is 6. The van der Waals surface area contributed by atoms with Gasteiger partial charge >= 0.3 is 0 Å². The molecular formula is C18H16N4O2S. The first-order valence-electron chi connectivity index (χ1n) is 7.87.